The van der Waals surface area contributed by atoms with Gasteiger partial charge in [-0.05, 0) is 25.0 Å². The van der Waals surface area contributed by atoms with Crippen LogP contribution in [0.5, 0.6) is 11.5 Å². The summed E-state index contributed by atoms with van der Waals surface area (Å²) in [5.74, 6) is 2.12. The van der Waals surface area contributed by atoms with E-state index in [1.165, 1.54) is 5.57 Å². The fourth-order valence-electron chi connectivity index (χ4n) is 3.39. The van der Waals surface area contributed by atoms with Crippen LogP contribution in [0.2, 0.25) is 0 Å². The van der Waals surface area contributed by atoms with Gasteiger partial charge in [-0.15, -0.1) is 0 Å². The maximum Gasteiger partial charge on any atom is 0.164 e. The van der Waals surface area contributed by atoms with Crippen LogP contribution in [-0.2, 0) is 11.2 Å². The highest BCUT2D eigenvalue weighted by Gasteiger charge is 2.40. The molecule has 0 fully saturated rings. The van der Waals surface area contributed by atoms with Crippen molar-refractivity contribution in [1.29, 1.82) is 0 Å². The molecule has 3 rings (SSSR count). The fourth-order valence-corrected chi connectivity index (χ4v) is 3.39. The number of allylic oxidation sites excluding steroid dienone is 2. The molecule has 0 heterocycles. The van der Waals surface area contributed by atoms with Crippen molar-refractivity contribution in [2.75, 3.05) is 14.2 Å². The Morgan fingerprint density at radius 1 is 1.21 bits per heavy atom. The molecule has 0 bridgehead atoms. The minimum atomic E-state index is 0.0912. The van der Waals surface area contributed by atoms with Gasteiger partial charge in [0.1, 0.15) is 5.78 Å². The number of carbonyl (C=O) groups excluding carboxylic acids is 1. The van der Waals surface area contributed by atoms with Crippen molar-refractivity contribution in [3.63, 3.8) is 0 Å². The van der Waals surface area contributed by atoms with E-state index in [-0.39, 0.29) is 11.8 Å². The summed E-state index contributed by atoms with van der Waals surface area (Å²) in [5, 5.41) is 0. The highest BCUT2D eigenvalue weighted by molar-refractivity contribution is 5.89. The Labute approximate surface area is 113 Å². The molecule has 100 valence electrons. The van der Waals surface area contributed by atoms with Gasteiger partial charge >= 0.3 is 0 Å². The first-order valence-corrected chi connectivity index (χ1v) is 6.59. The molecule has 2 aliphatic carbocycles. The lowest BCUT2D eigenvalue weighted by Crippen LogP contribution is -2.27. The van der Waals surface area contributed by atoms with Gasteiger partial charge in [0.2, 0.25) is 0 Å². The summed E-state index contributed by atoms with van der Waals surface area (Å²) < 4.78 is 10.9. The molecule has 1 aromatic carbocycles. The molecule has 2 aliphatic rings. The predicted molar refractivity (Wildman–Crippen MR) is 72.9 cm³/mol. The van der Waals surface area contributed by atoms with E-state index in [9.17, 15) is 4.79 Å². The van der Waals surface area contributed by atoms with Crippen LogP contribution < -0.4 is 9.47 Å². The Morgan fingerprint density at radius 2 is 2.00 bits per heavy atom. The van der Waals surface area contributed by atoms with Gasteiger partial charge in [0.15, 0.2) is 11.5 Å². The van der Waals surface area contributed by atoms with Crippen molar-refractivity contribution in [3.8, 4) is 11.5 Å². The summed E-state index contributed by atoms with van der Waals surface area (Å²) in [7, 11) is 3.31. The zero-order chi connectivity index (χ0) is 13.6. The molecule has 0 N–H and O–H groups in total. The first-order chi connectivity index (χ1) is 9.15. The number of ketones is 1. The maximum atomic E-state index is 12.2. The normalized spacial score (nSPS) is 24.6. The second-order valence-corrected chi connectivity index (χ2v) is 5.37. The summed E-state index contributed by atoms with van der Waals surface area (Å²) >= 11 is 0. The third-order valence-corrected chi connectivity index (χ3v) is 4.23. The standard InChI is InChI=1S/C16H18O3/c1-9-6-11-12(7-9)15-10(8-13(11)17)4-5-14(18-2)16(15)19-3/h4-5,7,11-12H,6,8H2,1-3H3/t11-,12+/m1/s1. The van der Waals surface area contributed by atoms with E-state index in [0.717, 1.165) is 29.0 Å². The summed E-state index contributed by atoms with van der Waals surface area (Å²) in [5.41, 5.74) is 3.51. The number of hydrogen-bond donors (Lipinski definition) is 0. The molecule has 0 spiro atoms. The number of carbonyl (C=O) groups is 1. The SMILES string of the molecule is COc1ccc2c(c1OC)[C@H]1C=C(C)C[C@H]1C(=O)C2. The number of fused-ring (bicyclic) bond motifs is 3. The van der Waals surface area contributed by atoms with E-state index >= 15 is 0 Å². The molecule has 2 atom stereocenters. The molecule has 19 heavy (non-hydrogen) atoms. The summed E-state index contributed by atoms with van der Waals surface area (Å²) in [4.78, 5) is 12.2. The van der Waals surface area contributed by atoms with E-state index in [1.807, 2.05) is 12.1 Å². The van der Waals surface area contributed by atoms with Gasteiger partial charge in [0, 0.05) is 23.8 Å². The van der Waals surface area contributed by atoms with Crippen molar-refractivity contribution < 1.29 is 14.3 Å². The first kappa shape index (κ1) is 12.3. The topological polar surface area (TPSA) is 35.5 Å². The van der Waals surface area contributed by atoms with Crippen LogP contribution >= 0.6 is 0 Å². The maximum absolute atomic E-state index is 12.2. The van der Waals surface area contributed by atoms with E-state index in [1.54, 1.807) is 14.2 Å². The van der Waals surface area contributed by atoms with Gasteiger partial charge in [-0.25, -0.2) is 0 Å². The molecular weight excluding hydrogens is 240 g/mol. The minimum absolute atomic E-state index is 0.0912. The molecule has 0 radical (unpaired) electrons. The largest absolute Gasteiger partial charge is 0.493 e. The number of hydrogen-bond acceptors (Lipinski definition) is 3. The third-order valence-electron chi connectivity index (χ3n) is 4.23. The van der Waals surface area contributed by atoms with Crippen LogP contribution in [0.3, 0.4) is 0 Å². The fraction of sp³-hybridized carbons (Fsp3) is 0.438. The number of Topliss-reactive ketones (excluding diaryl/α,β-unsaturated/α-hetero) is 1. The van der Waals surface area contributed by atoms with Gasteiger partial charge in [0.05, 0.1) is 14.2 Å². The quantitative estimate of drug-likeness (QED) is 0.765. The average molecular weight is 258 g/mol. The molecule has 0 saturated heterocycles. The van der Waals surface area contributed by atoms with E-state index in [4.69, 9.17) is 9.47 Å². The van der Waals surface area contributed by atoms with Crippen LogP contribution in [0, 0.1) is 5.92 Å². The van der Waals surface area contributed by atoms with Crippen molar-refractivity contribution in [2.24, 2.45) is 5.92 Å². The van der Waals surface area contributed by atoms with E-state index < -0.39 is 0 Å². The first-order valence-electron chi connectivity index (χ1n) is 6.59. The second-order valence-electron chi connectivity index (χ2n) is 5.37. The lowest BCUT2D eigenvalue weighted by Gasteiger charge is -2.29. The Morgan fingerprint density at radius 3 is 2.68 bits per heavy atom. The molecule has 3 heteroatoms. The monoisotopic (exact) mass is 258 g/mol. The number of benzene rings is 1. The number of rotatable bonds is 2. The van der Waals surface area contributed by atoms with E-state index in [0.29, 0.717) is 12.2 Å². The molecule has 0 amide bonds. The van der Waals surface area contributed by atoms with Crippen LogP contribution in [-0.4, -0.2) is 20.0 Å². The highest BCUT2D eigenvalue weighted by Crippen LogP contribution is 2.49. The predicted octanol–water partition coefficient (Wildman–Crippen LogP) is 2.88. The highest BCUT2D eigenvalue weighted by atomic mass is 16.5. The zero-order valence-corrected chi connectivity index (χ0v) is 11.5. The van der Waals surface area contributed by atoms with Gasteiger partial charge in [-0.3, -0.25) is 4.79 Å². The molecule has 0 aliphatic heterocycles. The zero-order valence-electron chi connectivity index (χ0n) is 11.5. The van der Waals surface area contributed by atoms with Gasteiger partial charge < -0.3 is 9.47 Å². The van der Waals surface area contributed by atoms with Crippen LogP contribution in [0.25, 0.3) is 0 Å². The second kappa shape index (κ2) is 4.41. The molecule has 0 unspecified atom stereocenters. The van der Waals surface area contributed by atoms with Crippen molar-refractivity contribution in [2.45, 2.75) is 25.7 Å². The Hall–Kier alpha value is -1.77. The van der Waals surface area contributed by atoms with E-state index in [2.05, 4.69) is 13.0 Å². The van der Waals surface area contributed by atoms with Gasteiger partial charge in [-0.2, -0.15) is 0 Å². The Kier molecular flexibility index (Phi) is 2.85. The van der Waals surface area contributed by atoms with Crippen LogP contribution in [0.1, 0.15) is 30.4 Å². The van der Waals surface area contributed by atoms with Crippen LogP contribution in [0.4, 0.5) is 0 Å². The van der Waals surface area contributed by atoms with Crippen molar-refractivity contribution in [1.82, 2.24) is 0 Å². The Balaban J connectivity index is 2.20. The summed E-state index contributed by atoms with van der Waals surface area (Å²) in [6.07, 6.45) is 3.60. The number of ether oxygens (including phenoxy) is 2. The summed E-state index contributed by atoms with van der Waals surface area (Å²) in [6, 6.07) is 3.88. The van der Waals surface area contributed by atoms with Crippen molar-refractivity contribution in [3.05, 3.63) is 34.9 Å². The van der Waals surface area contributed by atoms with Crippen LogP contribution in [0.15, 0.2) is 23.8 Å². The average Bonchev–Trinajstić information content (AvgIpc) is 2.80. The van der Waals surface area contributed by atoms with Gasteiger partial charge in [-0.1, -0.05) is 17.7 Å². The lowest BCUT2D eigenvalue weighted by atomic mass is 9.75. The molecule has 1 aromatic rings. The van der Waals surface area contributed by atoms with Crippen molar-refractivity contribution >= 4 is 5.78 Å². The molecule has 0 aromatic heterocycles. The molecule has 3 nitrogen and oxygen atoms in total. The molecule has 0 saturated carbocycles. The third kappa shape index (κ3) is 1.76. The summed E-state index contributed by atoms with van der Waals surface area (Å²) in [6.45, 7) is 2.10. The molecular formula is C16H18O3. The number of methoxy groups -OCH3 is 2. The minimum Gasteiger partial charge on any atom is -0.493 e. The van der Waals surface area contributed by atoms with Gasteiger partial charge in [0.25, 0.3) is 0 Å². The lowest BCUT2D eigenvalue weighted by molar-refractivity contribution is -0.122. The Bertz CT molecular complexity index is 572. The smallest absolute Gasteiger partial charge is 0.164 e.